The maximum absolute atomic E-state index is 11.9. The first-order valence-corrected chi connectivity index (χ1v) is 6.83. The molecule has 0 aliphatic rings. The highest BCUT2D eigenvalue weighted by Gasteiger charge is 2.21. The van der Waals surface area contributed by atoms with Crippen LogP contribution >= 0.6 is 11.3 Å². The summed E-state index contributed by atoms with van der Waals surface area (Å²) < 4.78 is 0. The van der Waals surface area contributed by atoms with Crippen molar-refractivity contribution < 1.29 is 9.59 Å². The van der Waals surface area contributed by atoms with Crippen LogP contribution in [0.2, 0.25) is 0 Å². The lowest BCUT2D eigenvalue weighted by atomic mass is 10.3. The smallest absolute Gasteiger partial charge is 0.265 e. The van der Waals surface area contributed by atoms with Gasteiger partial charge in [0.2, 0.25) is 5.91 Å². The normalized spacial score (nSPS) is 11.9. The first-order chi connectivity index (χ1) is 8.90. The van der Waals surface area contributed by atoms with Crippen LogP contribution in [0.3, 0.4) is 0 Å². The molecule has 8 heteroatoms. The number of nitrogen functional groups attached to an aromatic ring is 1. The zero-order valence-corrected chi connectivity index (χ0v) is 12.1. The van der Waals surface area contributed by atoms with Crippen LogP contribution in [-0.4, -0.2) is 35.9 Å². The molecular formula is C11H19N5O2S. The Morgan fingerprint density at radius 2 is 2.00 bits per heavy atom. The fraction of sp³-hybridized carbons (Fsp3) is 0.545. The van der Waals surface area contributed by atoms with E-state index in [0.717, 1.165) is 13.1 Å². The van der Waals surface area contributed by atoms with Gasteiger partial charge in [0.05, 0.1) is 0 Å². The van der Waals surface area contributed by atoms with Gasteiger partial charge >= 0.3 is 0 Å². The number of thiazole rings is 1. The van der Waals surface area contributed by atoms with Crippen LogP contribution in [0.1, 0.15) is 30.4 Å². The molecule has 0 radical (unpaired) electrons. The molecule has 7 nitrogen and oxygen atoms in total. The van der Waals surface area contributed by atoms with Crippen molar-refractivity contribution in [3.05, 3.63) is 4.88 Å². The highest BCUT2D eigenvalue weighted by molar-refractivity contribution is 7.18. The predicted molar refractivity (Wildman–Crippen MR) is 76.2 cm³/mol. The summed E-state index contributed by atoms with van der Waals surface area (Å²) in [7, 11) is 0. The van der Waals surface area contributed by atoms with E-state index in [-0.39, 0.29) is 5.82 Å². The number of hydrogen-bond acceptors (Lipinski definition) is 6. The Bertz CT molecular complexity index is 470. The largest absolute Gasteiger partial charge is 0.382 e. The maximum atomic E-state index is 11.9. The molecule has 0 spiro atoms. The van der Waals surface area contributed by atoms with E-state index >= 15 is 0 Å². The number of primary amides is 1. The number of carbonyl (C=O) groups excluding carboxylic acids is 2. The third-order valence-corrected chi connectivity index (χ3v) is 3.79. The minimum absolute atomic E-state index is 0.168. The van der Waals surface area contributed by atoms with Gasteiger partial charge in [-0.3, -0.25) is 9.59 Å². The monoisotopic (exact) mass is 285 g/mol. The molecule has 19 heavy (non-hydrogen) atoms. The molecule has 1 aromatic heterocycles. The second-order valence-electron chi connectivity index (χ2n) is 3.98. The molecule has 5 N–H and O–H groups in total. The molecule has 0 fully saturated rings. The van der Waals surface area contributed by atoms with Gasteiger partial charge in [0, 0.05) is 13.1 Å². The van der Waals surface area contributed by atoms with Crippen molar-refractivity contribution in [3.63, 3.8) is 0 Å². The van der Waals surface area contributed by atoms with Crippen LogP contribution < -0.4 is 21.7 Å². The SMILES string of the molecule is CCN(CC)c1nc(N)c(C(=O)NC(C)C(N)=O)s1. The molecule has 0 saturated carbocycles. The molecular weight excluding hydrogens is 266 g/mol. The summed E-state index contributed by atoms with van der Waals surface area (Å²) in [6, 6.07) is -0.745. The Kier molecular flexibility index (Phi) is 5.11. The highest BCUT2D eigenvalue weighted by Crippen LogP contribution is 2.27. The number of amides is 2. The summed E-state index contributed by atoms with van der Waals surface area (Å²) in [5.74, 6) is -0.860. The van der Waals surface area contributed by atoms with Crippen LogP contribution in [0.5, 0.6) is 0 Å². The molecule has 0 bridgehead atoms. The van der Waals surface area contributed by atoms with E-state index in [1.807, 2.05) is 18.7 Å². The van der Waals surface area contributed by atoms with E-state index in [2.05, 4.69) is 10.3 Å². The number of aromatic nitrogens is 1. The quantitative estimate of drug-likeness (QED) is 0.689. The van der Waals surface area contributed by atoms with Crippen LogP contribution in [0.4, 0.5) is 10.9 Å². The summed E-state index contributed by atoms with van der Waals surface area (Å²) in [6.07, 6.45) is 0. The number of nitrogens with one attached hydrogen (secondary N) is 1. The molecule has 2 amide bonds. The molecule has 0 aliphatic carbocycles. The van der Waals surface area contributed by atoms with Gasteiger partial charge in [-0.2, -0.15) is 0 Å². The maximum Gasteiger partial charge on any atom is 0.265 e. The van der Waals surface area contributed by atoms with Crippen molar-refractivity contribution in [1.82, 2.24) is 10.3 Å². The number of nitrogens with two attached hydrogens (primary N) is 2. The zero-order valence-electron chi connectivity index (χ0n) is 11.3. The van der Waals surface area contributed by atoms with Crippen LogP contribution in [0.25, 0.3) is 0 Å². The minimum atomic E-state index is -0.745. The van der Waals surface area contributed by atoms with Crippen LogP contribution in [0, 0.1) is 0 Å². The Hall–Kier alpha value is -1.83. The number of carbonyl (C=O) groups is 2. The van der Waals surface area contributed by atoms with Gasteiger partial charge in [-0.15, -0.1) is 0 Å². The van der Waals surface area contributed by atoms with E-state index in [1.54, 1.807) is 0 Å². The molecule has 106 valence electrons. The van der Waals surface area contributed by atoms with Crippen molar-refractivity contribution in [2.75, 3.05) is 23.7 Å². The number of hydrogen-bond donors (Lipinski definition) is 3. The lowest BCUT2D eigenvalue weighted by molar-refractivity contribution is -0.119. The fourth-order valence-corrected chi connectivity index (χ4v) is 2.46. The number of anilines is 2. The number of rotatable bonds is 6. The van der Waals surface area contributed by atoms with E-state index in [0.29, 0.717) is 10.0 Å². The molecule has 0 aliphatic heterocycles. The second kappa shape index (κ2) is 6.37. The molecule has 1 heterocycles. The lowest BCUT2D eigenvalue weighted by Crippen LogP contribution is -2.42. The van der Waals surface area contributed by atoms with Crippen molar-refractivity contribution in [1.29, 1.82) is 0 Å². The standard InChI is InChI=1S/C11H19N5O2S/c1-4-16(5-2)11-15-8(12)7(19-11)10(18)14-6(3)9(13)17/h6H,4-5,12H2,1-3H3,(H2,13,17)(H,14,18). The van der Waals surface area contributed by atoms with Crippen molar-refractivity contribution in [2.24, 2.45) is 5.73 Å². The van der Waals surface area contributed by atoms with Gasteiger partial charge in [0.25, 0.3) is 5.91 Å². The Labute approximate surface area is 116 Å². The average molecular weight is 285 g/mol. The molecule has 0 aromatic carbocycles. The van der Waals surface area contributed by atoms with E-state index < -0.39 is 17.9 Å². The molecule has 0 saturated heterocycles. The summed E-state index contributed by atoms with van der Waals surface area (Å²) in [4.78, 5) is 29.3. The summed E-state index contributed by atoms with van der Waals surface area (Å²) in [5, 5.41) is 3.18. The van der Waals surface area contributed by atoms with Crippen LogP contribution in [0.15, 0.2) is 0 Å². The van der Waals surface area contributed by atoms with Gasteiger partial charge in [-0.05, 0) is 20.8 Å². The van der Waals surface area contributed by atoms with Gasteiger partial charge in [-0.25, -0.2) is 4.98 Å². The molecule has 1 rings (SSSR count). The highest BCUT2D eigenvalue weighted by atomic mass is 32.1. The van der Waals surface area contributed by atoms with E-state index in [4.69, 9.17) is 11.5 Å². The fourth-order valence-electron chi connectivity index (χ4n) is 1.45. The Morgan fingerprint density at radius 1 is 1.42 bits per heavy atom. The van der Waals surface area contributed by atoms with E-state index in [1.165, 1.54) is 18.3 Å². The summed E-state index contributed by atoms with van der Waals surface area (Å²) in [6.45, 7) is 7.07. The average Bonchev–Trinajstić information content (AvgIpc) is 2.72. The molecule has 1 atom stereocenters. The van der Waals surface area contributed by atoms with Crippen molar-refractivity contribution in [2.45, 2.75) is 26.8 Å². The lowest BCUT2D eigenvalue weighted by Gasteiger charge is -2.16. The second-order valence-corrected chi connectivity index (χ2v) is 4.96. The zero-order chi connectivity index (χ0) is 14.6. The first kappa shape index (κ1) is 15.2. The van der Waals surface area contributed by atoms with Gasteiger partial charge in [0.1, 0.15) is 16.7 Å². The Morgan fingerprint density at radius 3 is 2.47 bits per heavy atom. The minimum Gasteiger partial charge on any atom is -0.382 e. The summed E-state index contributed by atoms with van der Waals surface area (Å²) >= 11 is 1.20. The van der Waals surface area contributed by atoms with Gasteiger partial charge in [-0.1, -0.05) is 11.3 Å². The summed E-state index contributed by atoms with van der Waals surface area (Å²) in [5.41, 5.74) is 10.8. The Balaban J connectivity index is 2.89. The molecule has 1 aromatic rings. The van der Waals surface area contributed by atoms with E-state index in [9.17, 15) is 9.59 Å². The predicted octanol–water partition coefficient (Wildman–Crippen LogP) is 0.175. The third-order valence-electron chi connectivity index (χ3n) is 2.66. The first-order valence-electron chi connectivity index (χ1n) is 6.02. The topological polar surface area (TPSA) is 114 Å². The third kappa shape index (κ3) is 3.57. The van der Waals surface area contributed by atoms with Crippen LogP contribution in [-0.2, 0) is 4.79 Å². The van der Waals surface area contributed by atoms with Crippen molar-refractivity contribution in [3.8, 4) is 0 Å². The van der Waals surface area contributed by atoms with Gasteiger partial charge < -0.3 is 21.7 Å². The van der Waals surface area contributed by atoms with Gasteiger partial charge in [0.15, 0.2) is 5.13 Å². The van der Waals surface area contributed by atoms with Crippen molar-refractivity contribution >= 4 is 34.1 Å². The number of nitrogens with zero attached hydrogens (tertiary/aromatic N) is 2. The molecule has 1 unspecified atom stereocenters.